The van der Waals surface area contributed by atoms with Crippen molar-refractivity contribution in [3.63, 3.8) is 0 Å². The first kappa shape index (κ1) is 10.4. The average molecular weight is 198 g/mol. The zero-order chi connectivity index (χ0) is 9.68. The van der Waals surface area contributed by atoms with Crippen LogP contribution in [-0.2, 0) is 10.8 Å². The predicted molar refractivity (Wildman–Crippen MR) is 54.0 cm³/mol. The summed E-state index contributed by atoms with van der Waals surface area (Å²) in [4.78, 5) is 0.836. The molecule has 2 atom stereocenters. The molecule has 0 aromatic heterocycles. The van der Waals surface area contributed by atoms with E-state index in [2.05, 4.69) is 0 Å². The Morgan fingerprint density at radius 2 is 2.00 bits per heavy atom. The molecule has 0 amide bonds. The Hall–Kier alpha value is -0.670. The van der Waals surface area contributed by atoms with E-state index in [0.29, 0.717) is 12.2 Å². The summed E-state index contributed by atoms with van der Waals surface area (Å²) in [6.45, 7) is 1.71. The van der Waals surface area contributed by atoms with Crippen LogP contribution in [0.1, 0.15) is 13.3 Å². The van der Waals surface area contributed by atoms with Crippen molar-refractivity contribution < 1.29 is 9.32 Å². The van der Waals surface area contributed by atoms with Crippen LogP contribution in [0.4, 0.5) is 0 Å². The first-order chi connectivity index (χ1) is 6.20. The first-order valence-corrected chi connectivity index (χ1v) is 5.63. The quantitative estimate of drug-likeness (QED) is 0.797. The van der Waals surface area contributed by atoms with Gasteiger partial charge in [-0.2, -0.15) is 0 Å². The van der Waals surface area contributed by atoms with E-state index in [1.54, 1.807) is 6.92 Å². The van der Waals surface area contributed by atoms with Crippen molar-refractivity contribution in [1.29, 1.82) is 0 Å². The second-order valence-corrected chi connectivity index (χ2v) is 4.57. The molecule has 2 nitrogen and oxygen atoms in total. The van der Waals surface area contributed by atoms with E-state index in [4.69, 9.17) is 5.11 Å². The molecular weight excluding hydrogens is 184 g/mol. The van der Waals surface area contributed by atoms with Crippen molar-refractivity contribution in [1.82, 2.24) is 0 Å². The minimum Gasteiger partial charge on any atom is -0.393 e. The van der Waals surface area contributed by atoms with E-state index in [9.17, 15) is 4.21 Å². The van der Waals surface area contributed by atoms with Crippen LogP contribution in [0, 0.1) is 0 Å². The lowest BCUT2D eigenvalue weighted by Crippen LogP contribution is -2.07. The molecule has 1 N–H and O–H groups in total. The standard InChI is InChI=1S/C10H14O2S/c1-9(11)7-8-13(12)10-5-3-2-4-6-10/h2-6,9,11H,7-8H2,1H3/t9-,13?/m1/s1. The zero-order valence-electron chi connectivity index (χ0n) is 7.64. The summed E-state index contributed by atoms with van der Waals surface area (Å²) in [5.74, 6) is 0.529. The van der Waals surface area contributed by atoms with Crippen molar-refractivity contribution in [3.8, 4) is 0 Å². The molecule has 1 aromatic carbocycles. The highest BCUT2D eigenvalue weighted by molar-refractivity contribution is 7.85. The number of benzene rings is 1. The van der Waals surface area contributed by atoms with Crippen molar-refractivity contribution in [3.05, 3.63) is 30.3 Å². The fourth-order valence-electron chi connectivity index (χ4n) is 0.968. The van der Waals surface area contributed by atoms with Gasteiger partial charge in [-0.1, -0.05) is 18.2 Å². The summed E-state index contributed by atoms with van der Waals surface area (Å²) in [7, 11) is -0.964. The summed E-state index contributed by atoms with van der Waals surface area (Å²) in [6, 6.07) is 9.33. The molecule has 0 spiro atoms. The van der Waals surface area contributed by atoms with Gasteiger partial charge in [-0.25, -0.2) is 0 Å². The van der Waals surface area contributed by atoms with Crippen LogP contribution in [0.15, 0.2) is 35.2 Å². The molecular formula is C10H14O2S. The summed E-state index contributed by atoms with van der Waals surface area (Å²) < 4.78 is 11.5. The Bertz CT molecular complexity index is 270. The third-order valence-electron chi connectivity index (χ3n) is 1.73. The molecule has 0 aliphatic carbocycles. The molecule has 0 aliphatic rings. The number of aliphatic hydroxyl groups excluding tert-OH is 1. The molecule has 0 aliphatic heterocycles. The van der Waals surface area contributed by atoms with Gasteiger partial charge in [-0.3, -0.25) is 4.21 Å². The van der Waals surface area contributed by atoms with Crippen LogP contribution in [0.5, 0.6) is 0 Å². The van der Waals surface area contributed by atoms with Gasteiger partial charge in [0.05, 0.1) is 16.9 Å². The molecule has 1 aromatic rings. The molecule has 0 fully saturated rings. The third-order valence-corrected chi connectivity index (χ3v) is 3.13. The maximum absolute atomic E-state index is 11.5. The maximum atomic E-state index is 11.5. The second kappa shape index (κ2) is 5.14. The SMILES string of the molecule is C[C@@H](O)CCS(=O)c1ccccc1. The van der Waals surface area contributed by atoms with E-state index in [1.807, 2.05) is 30.3 Å². The average Bonchev–Trinajstić information content (AvgIpc) is 2.15. The van der Waals surface area contributed by atoms with Crippen LogP contribution >= 0.6 is 0 Å². The van der Waals surface area contributed by atoms with Crippen LogP contribution in [0.25, 0.3) is 0 Å². The lowest BCUT2D eigenvalue weighted by atomic mass is 10.3. The summed E-state index contributed by atoms with van der Waals surface area (Å²) in [6.07, 6.45) is 0.217. The van der Waals surface area contributed by atoms with Crippen LogP contribution in [-0.4, -0.2) is 21.2 Å². The Morgan fingerprint density at radius 3 is 2.54 bits per heavy atom. The number of hydrogen-bond acceptors (Lipinski definition) is 2. The number of hydrogen-bond donors (Lipinski definition) is 1. The smallest absolute Gasteiger partial charge is 0.0530 e. The monoisotopic (exact) mass is 198 g/mol. The summed E-state index contributed by atoms with van der Waals surface area (Å²) >= 11 is 0. The lowest BCUT2D eigenvalue weighted by Gasteiger charge is -2.03. The normalized spacial score (nSPS) is 15.2. The number of aliphatic hydroxyl groups is 1. The molecule has 0 heterocycles. The number of rotatable bonds is 4. The molecule has 0 saturated carbocycles. The van der Waals surface area contributed by atoms with Crippen LogP contribution in [0.2, 0.25) is 0 Å². The van der Waals surface area contributed by atoms with Gasteiger partial charge in [-0.15, -0.1) is 0 Å². The van der Waals surface area contributed by atoms with Gasteiger partial charge in [0.2, 0.25) is 0 Å². The van der Waals surface area contributed by atoms with Gasteiger partial charge < -0.3 is 5.11 Å². The van der Waals surface area contributed by atoms with Gasteiger partial charge >= 0.3 is 0 Å². The van der Waals surface area contributed by atoms with Crippen LogP contribution in [0.3, 0.4) is 0 Å². The Labute approximate surface area is 81.1 Å². The molecule has 1 unspecified atom stereocenters. The molecule has 1 rings (SSSR count). The van der Waals surface area contributed by atoms with Gasteiger partial charge in [0.25, 0.3) is 0 Å². The highest BCUT2D eigenvalue weighted by Crippen LogP contribution is 2.07. The molecule has 72 valence electrons. The fraction of sp³-hybridized carbons (Fsp3) is 0.400. The molecule has 0 bridgehead atoms. The third kappa shape index (κ3) is 3.70. The maximum Gasteiger partial charge on any atom is 0.0530 e. The Balaban J connectivity index is 2.50. The first-order valence-electron chi connectivity index (χ1n) is 4.31. The van der Waals surface area contributed by atoms with Crippen molar-refractivity contribution in [2.75, 3.05) is 5.75 Å². The van der Waals surface area contributed by atoms with Crippen molar-refractivity contribution >= 4 is 10.8 Å². The fourth-order valence-corrected chi connectivity index (χ4v) is 2.22. The molecule has 3 heteroatoms. The zero-order valence-corrected chi connectivity index (χ0v) is 8.46. The van der Waals surface area contributed by atoms with Crippen LogP contribution < -0.4 is 0 Å². The van der Waals surface area contributed by atoms with E-state index in [0.717, 1.165) is 4.90 Å². The topological polar surface area (TPSA) is 37.3 Å². The van der Waals surface area contributed by atoms with E-state index >= 15 is 0 Å². The van der Waals surface area contributed by atoms with Gasteiger partial charge in [0.1, 0.15) is 0 Å². The van der Waals surface area contributed by atoms with Gasteiger partial charge in [0.15, 0.2) is 0 Å². The lowest BCUT2D eigenvalue weighted by molar-refractivity contribution is 0.192. The predicted octanol–water partition coefficient (Wildman–Crippen LogP) is 1.57. The Morgan fingerprint density at radius 1 is 1.38 bits per heavy atom. The molecule has 0 radical (unpaired) electrons. The van der Waals surface area contributed by atoms with E-state index in [1.165, 1.54) is 0 Å². The summed E-state index contributed by atoms with van der Waals surface area (Å²) in [5, 5.41) is 9.01. The highest BCUT2D eigenvalue weighted by Gasteiger charge is 2.04. The molecule has 0 saturated heterocycles. The van der Waals surface area contributed by atoms with E-state index in [-0.39, 0.29) is 6.10 Å². The van der Waals surface area contributed by atoms with Crippen molar-refractivity contribution in [2.45, 2.75) is 24.3 Å². The minimum absolute atomic E-state index is 0.368. The largest absolute Gasteiger partial charge is 0.393 e. The van der Waals surface area contributed by atoms with Gasteiger partial charge in [-0.05, 0) is 25.5 Å². The van der Waals surface area contributed by atoms with Crippen molar-refractivity contribution in [2.24, 2.45) is 0 Å². The van der Waals surface area contributed by atoms with Gasteiger partial charge in [0, 0.05) is 10.6 Å². The summed E-state index contributed by atoms with van der Waals surface area (Å²) in [5.41, 5.74) is 0. The van der Waals surface area contributed by atoms with E-state index < -0.39 is 10.8 Å². The molecule has 13 heavy (non-hydrogen) atoms. The Kier molecular flexibility index (Phi) is 4.12. The second-order valence-electron chi connectivity index (χ2n) is 3.00. The highest BCUT2D eigenvalue weighted by atomic mass is 32.2. The minimum atomic E-state index is -0.964.